The molecule has 4 rings (SSSR count). The van der Waals surface area contributed by atoms with Gasteiger partial charge in [-0.15, -0.1) is 0 Å². The van der Waals surface area contributed by atoms with E-state index in [9.17, 15) is 0 Å². The van der Waals surface area contributed by atoms with Gasteiger partial charge in [-0.2, -0.15) is 0 Å². The quantitative estimate of drug-likeness (QED) is 0.845. The summed E-state index contributed by atoms with van der Waals surface area (Å²) in [5.74, 6) is 1.81. The molecule has 1 saturated heterocycles. The maximum Gasteiger partial charge on any atom is 0.162 e. The summed E-state index contributed by atoms with van der Waals surface area (Å²) in [6.07, 6.45) is 6.24. The fourth-order valence-electron chi connectivity index (χ4n) is 3.13. The highest BCUT2D eigenvalue weighted by atomic mass is 79.9. The van der Waals surface area contributed by atoms with E-state index in [1.165, 1.54) is 37.7 Å². The Morgan fingerprint density at radius 1 is 1.10 bits per heavy atom. The number of fused-ring (bicyclic) bond motifs is 1. The van der Waals surface area contributed by atoms with Crippen LogP contribution in [-0.4, -0.2) is 19.8 Å². The minimum absolute atomic E-state index is 0.300. The first-order valence-corrected chi connectivity index (χ1v) is 8.38. The van der Waals surface area contributed by atoms with Gasteiger partial charge in [0.25, 0.3) is 0 Å². The smallest absolute Gasteiger partial charge is 0.162 e. The van der Waals surface area contributed by atoms with E-state index < -0.39 is 0 Å². The molecule has 1 N–H and O–H groups in total. The third kappa shape index (κ3) is 2.33. The summed E-state index contributed by atoms with van der Waals surface area (Å²) in [5, 5.41) is 3.60. The van der Waals surface area contributed by atoms with Crippen LogP contribution in [0.25, 0.3) is 0 Å². The van der Waals surface area contributed by atoms with Gasteiger partial charge in [0, 0.05) is 15.9 Å². The number of nitrogens with one attached hydrogen (secondary N) is 1. The normalized spacial score (nSPS) is 27.1. The Morgan fingerprint density at radius 3 is 2.50 bits per heavy atom. The third-order valence-corrected chi connectivity index (χ3v) is 5.46. The lowest BCUT2D eigenvalue weighted by Crippen LogP contribution is -2.27. The Hall–Kier alpha value is -0.740. The van der Waals surface area contributed by atoms with Crippen molar-refractivity contribution in [3.05, 3.63) is 22.2 Å². The Morgan fingerprint density at radius 2 is 1.85 bits per heavy atom. The first-order chi connectivity index (χ1) is 9.76. The van der Waals surface area contributed by atoms with Crippen LogP contribution >= 0.6 is 15.9 Å². The number of hydrogen-bond acceptors (Lipinski definition) is 3. The number of benzene rings is 1. The molecule has 1 aromatic rings. The Kier molecular flexibility index (Phi) is 3.19. The molecule has 108 valence electrons. The molecule has 0 aromatic heterocycles. The molecule has 1 aromatic carbocycles. The predicted octanol–water partition coefficient (Wildman–Crippen LogP) is 3.82. The minimum atomic E-state index is 0.300. The number of hydrogen-bond donors (Lipinski definition) is 1. The lowest BCUT2D eigenvalue weighted by Gasteiger charge is -2.25. The van der Waals surface area contributed by atoms with Crippen LogP contribution in [0.3, 0.4) is 0 Å². The van der Waals surface area contributed by atoms with Crippen molar-refractivity contribution in [2.24, 2.45) is 5.41 Å². The molecule has 0 bridgehead atoms. The van der Waals surface area contributed by atoms with Gasteiger partial charge < -0.3 is 14.8 Å². The van der Waals surface area contributed by atoms with Crippen LogP contribution in [0.5, 0.6) is 11.5 Å². The van der Waals surface area contributed by atoms with E-state index in [1.54, 1.807) is 0 Å². The van der Waals surface area contributed by atoms with Gasteiger partial charge in [0.1, 0.15) is 0 Å². The summed E-state index contributed by atoms with van der Waals surface area (Å²) in [6.45, 7) is 2.71. The molecule has 3 aliphatic rings. The Labute approximate surface area is 128 Å². The summed E-state index contributed by atoms with van der Waals surface area (Å²) in [6, 6.07) is 4.69. The molecule has 20 heavy (non-hydrogen) atoms. The molecule has 2 fully saturated rings. The number of piperidine rings is 1. The first kappa shape index (κ1) is 13.0. The SMILES string of the molecule is Brc1cc2c(cc1C1CCCCN1)OCC1(CC1)CO2. The van der Waals surface area contributed by atoms with Crippen molar-refractivity contribution in [2.45, 2.75) is 38.1 Å². The molecule has 0 radical (unpaired) electrons. The summed E-state index contributed by atoms with van der Waals surface area (Å²) in [7, 11) is 0. The molecule has 1 aliphatic carbocycles. The van der Waals surface area contributed by atoms with E-state index in [1.807, 2.05) is 0 Å². The van der Waals surface area contributed by atoms with Crippen LogP contribution in [0.4, 0.5) is 0 Å². The second-order valence-electron chi connectivity index (χ2n) is 6.40. The molecular weight excluding hydrogens is 318 g/mol. The topological polar surface area (TPSA) is 30.5 Å². The molecule has 1 spiro atoms. The second-order valence-corrected chi connectivity index (χ2v) is 7.25. The van der Waals surface area contributed by atoms with Crippen molar-refractivity contribution < 1.29 is 9.47 Å². The zero-order valence-corrected chi connectivity index (χ0v) is 13.2. The highest BCUT2D eigenvalue weighted by Crippen LogP contribution is 2.50. The predicted molar refractivity (Wildman–Crippen MR) is 81.4 cm³/mol. The molecule has 1 saturated carbocycles. The van der Waals surface area contributed by atoms with E-state index in [4.69, 9.17) is 9.47 Å². The standard InChI is InChI=1S/C16H20BrNO2/c17-12-8-15-14(19-9-16(4-5-16)10-20-15)7-11(12)13-3-1-2-6-18-13/h7-8,13,18H,1-6,9-10H2. The fraction of sp³-hybridized carbons (Fsp3) is 0.625. The van der Waals surface area contributed by atoms with Crippen molar-refractivity contribution in [3.8, 4) is 11.5 Å². The lowest BCUT2D eigenvalue weighted by atomic mass is 9.97. The van der Waals surface area contributed by atoms with Crippen LogP contribution in [-0.2, 0) is 0 Å². The van der Waals surface area contributed by atoms with Crippen molar-refractivity contribution in [2.75, 3.05) is 19.8 Å². The fourth-order valence-corrected chi connectivity index (χ4v) is 3.73. The molecule has 0 amide bonds. The highest BCUT2D eigenvalue weighted by Gasteiger charge is 2.46. The summed E-state index contributed by atoms with van der Waals surface area (Å²) >= 11 is 3.71. The zero-order valence-electron chi connectivity index (χ0n) is 11.6. The van der Waals surface area contributed by atoms with Gasteiger partial charge in [-0.05, 0) is 49.9 Å². The van der Waals surface area contributed by atoms with Crippen LogP contribution in [0.2, 0.25) is 0 Å². The van der Waals surface area contributed by atoms with Gasteiger partial charge in [-0.25, -0.2) is 0 Å². The molecule has 2 heterocycles. The van der Waals surface area contributed by atoms with Crippen LogP contribution < -0.4 is 14.8 Å². The highest BCUT2D eigenvalue weighted by molar-refractivity contribution is 9.10. The number of halogens is 1. The van der Waals surface area contributed by atoms with Gasteiger partial charge in [0.15, 0.2) is 11.5 Å². The monoisotopic (exact) mass is 337 g/mol. The van der Waals surface area contributed by atoms with Crippen LogP contribution in [0, 0.1) is 5.41 Å². The molecule has 2 aliphatic heterocycles. The molecule has 4 heteroatoms. The average Bonchev–Trinajstić information content (AvgIpc) is 3.27. The van der Waals surface area contributed by atoms with E-state index in [0.717, 1.165) is 35.7 Å². The Balaban J connectivity index is 1.63. The van der Waals surface area contributed by atoms with Crippen molar-refractivity contribution >= 4 is 15.9 Å². The van der Waals surface area contributed by atoms with Crippen LogP contribution in [0.1, 0.15) is 43.7 Å². The van der Waals surface area contributed by atoms with Gasteiger partial charge in [-0.3, -0.25) is 0 Å². The Bertz CT molecular complexity index is 521. The largest absolute Gasteiger partial charge is 0.489 e. The first-order valence-electron chi connectivity index (χ1n) is 7.58. The van der Waals surface area contributed by atoms with Crippen molar-refractivity contribution in [1.82, 2.24) is 5.32 Å². The van der Waals surface area contributed by atoms with E-state index >= 15 is 0 Å². The second kappa shape index (κ2) is 4.92. The van der Waals surface area contributed by atoms with Gasteiger partial charge in [0.2, 0.25) is 0 Å². The molecule has 3 nitrogen and oxygen atoms in total. The molecule has 1 unspecified atom stereocenters. The van der Waals surface area contributed by atoms with Gasteiger partial charge in [0.05, 0.1) is 13.2 Å². The van der Waals surface area contributed by atoms with E-state index in [-0.39, 0.29) is 0 Å². The number of ether oxygens (including phenoxy) is 2. The van der Waals surface area contributed by atoms with E-state index in [2.05, 4.69) is 33.4 Å². The van der Waals surface area contributed by atoms with Gasteiger partial charge >= 0.3 is 0 Å². The van der Waals surface area contributed by atoms with Crippen molar-refractivity contribution in [1.29, 1.82) is 0 Å². The third-order valence-electron chi connectivity index (χ3n) is 4.77. The maximum absolute atomic E-state index is 6.04. The van der Waals surface area contributed by atoms with Gasteiger partial charge in [-0.1, -0.05) is 22.4 Å². The van der Waals surface area contributed by atoms with Crippen molar-refractivity contribution in [3.63, 3.8) is 0 Å². The minimum Gasteiger partial charge on any atom is -0.489 e. The summed E-state index contributed by atoms with van der Waals surface area (Å²) in [4.78, 5) is 0. The number of rotatable bonds is 1. The lowest BCUT2D eigenvalue weighted by molar-refractivity contribution is 0.197. The molecule has 1 atom stereocenters. The maximum atomic E-state index is 6.04. The van der Waals surface area contributed by atoms with E-state index in [0.29, 0.717) is 11.5 Å². The zero-order chi connectivity index (χ0) is 13.6. The summed E-state index contributed by atoms with van der Waals surface area (Å²) < 4.78 is 13.1. The van der Waals surface area contributed by atoms with Crippen LogP contribution in [0.15, 0.2) is 16.6 Å². The average molecular weight is 338 g/mol. The molecular formula is C16H20BrNO2. The summed E-state index contributed by atoms with van der Waals surface area (Å²) in [5.41, 5.74) is 1.60.